The van der Waals surface area contributed by atoms with Gasteiger partial charge in [0, 0.05) is 28.9 Å². The van der Waals surface area contributed by atoms with Crippen LogP contribution in [0.25, 0.3) is 6.08 Å². The van der Waals surface area contributed by atoms with Crippen molar-refractivity contribution in [1.82, 2.24) is 4.90 Å². The quantitative estimate of drug-likeness (QED) is 0.779. The molecule has 1 atom stereocenters. The van der Waals surface area contributed by atoms with Crippen LogP contribution < -0.4 is 0 Å². The largest absolute Gasteiger partial charge is 0.478 e. The molecule has 0 aliphatic heterocycles. The summed E-state index contributed by atoms with van der Waals surface area (Å²) >= 11 is 1.58. The molecule has 1 N–H and O–H groups in total. The molecule has 0 amide bonds. The SMILES string of the molecule is CCN(Cc1ccc(C=CC(=O)O)s1)CC(C)C#N. The third-order valence-corrected chi connectivity index (χ3v) is 3.69. The summed E-state index contributed by atoms with van der Waals surface area (Å²) in [7, 11) is 0. The molecule has 5 heteroatoms. The number of carboxylic acid groups (broad SMARTS) is 1. The molecule has 1 unspecified atom stereocenters. The average Bonchev–Trinajstić information content (AvgIpc) is 2.83. The van der Waals surface area contributed by atoms with E-state index in [-0.39, 0.29) is 5.92 Å². The first-order chi connectivity index (χ1) is 9.05. The van der Waals surface area contributed by atoms with Crippen LogP contribution in [-0.2, 0) is 11.3 Å². The van der Waals surface area contributed by atoms with Crippen LogP contribution >= 0.6 is 11.3 Å². The second-order valence-electron chi connectivity index (χ2n) is 4.33. The summed E-state index contributed by atoms with van der Waals surface area (Å²) in [4.78, 5) is 14.8. The lowest BCUT2D eigenvalue weighted by Crippen LogP contribution is -2.27. The molecule has 1 rings (SSSR count). The summed E-state index contributed by atoms with van der Waals surface area (Å²) in [6.45, 7) is 6.44. The zero-order valence-electron chi connectivity index (χ0n) is 11.2. The summed E-state index contributed by atoms with van der Waals surface area (Å²) in [5.74, 6) is -0.917. The maximum Gasteiger partial charge on any atom is 0.328 e. The predicted molar refractivity (Wildman–Crippen MR) is 76.7 cm³/mol. The van der Waals surface area contributed by atoms with E-state index < -0.39 is 5.97 Å². The molecule has 0 aliphatic rings. The Morgan fingerprint density at radius 2 is 2.37 bits per heavy atom. The maximum absolute atomic E-state index is 10.4. The minimum Gasteiger partial charge on any atom is -0.478 e. The molecule has 0 saturated heterocycles. The Morgan fingerprint density at radius 1 is 1.63 bits per heavy atom. The van der Waals surface area contributed by atoms with Crippen LogP contribution in [0, 0.1) is 17.2 Å². The zero-order chi connectivity index (χ0) is 14.3. The van der Waals surface area contributed by atoms with E-state index in [4.69, 9.17) is 10.4 Å². The number of rotatable bonds is 7. The summed E-state index contributed by atoms with van der Waals surface area (Å²) in [5.41, 5.74) is 0. The van der Waals surface area contributed by atoms with E-state index in [0.29, 0.717) is 0 Å². The van der Waals surface area contributed by atoms with E-state index in [9.17, 15) is 4.79 Å². The van der Waals surface area contributed by atoms with Gasteiger partial charge in [-0.05, 0) is 31.7 Å². The van der Waals surface area contributed by atoms with Crippen molar-refractivity contribution in [3.63, 3.8) is 0 Å². The van der Waals surface area contributed by atoms with Gasteiger partial charge in [0.15, 0.2) is 0 Å². The van der Waals surface area contributed by atoms with Crippen molar-refractivity contribution in [2.45, 2.75) is 20.4 Å². The Balaban J connectivity index is 2.61. The summed E-state index contributed by atoms with van der Waals surface area (Å²) < 4.78 is 0. The van der Waals surface area contributed by atoms with Crippen molar-refractivity contribution in [2.24, 2.45) is 5.92 Å². The van der Waals surface area contributed by atoms with Crippen LogP contribution in [0.15, 0.2) is 18.2 Å². The fraction of sp³-hybridized carbons (Fsp3) is 0.429. The second-order valence-corrected chi connectivity index (χ2v) is 5.53. The van der Waals surface area contributed by atoms with E-state index in [1.165, 1.54) is 4.88 Å². The monoisotopic (exact) mass is 278 g/mol. The molecular weight excluding hydrogens is 260 g/mol. The molecule has 0 spiro atoms. The first-order valence-corrected chi connectivity index (χ1v) is 6.98. The van der Waals surface area contributed by atoms with Gasteiger partial charge >= 0.3 is 5.97 Å². The Morgan fingerprint density at radius 3 is 2.95 bits per heavy atom. The van der Waals surface area contributed by atoms with Gasteiger partial charge in [-0.2, -0.15) is 5.26 Å². The molecule has 0 radical (unpaired) electrons. The van der Waals surface area contributed by atoms with Crippen LogP contribution in [0.4, 0.5) is 0 Å². The third kappa shape index (κ3) is 5.69. The molecule has 0 fully saturated rings. The van der Waals surface area contributed by atoms with Crippen molar-refractivity contribution < 1.29 is 9.90 Å². The standard InChI is InChI=1S/C14H18N2O2S/c1-3-16(9-11(2)8-15)10-13-5-4-12(19-13)6-7-14(17)18/h4-7,11H,3,9-10H2,1-2H3,(H,17,18). The Labute approximate surface area is 117 Å². The normalized spacial score (nSPS) is 12.7. The van der Waals surface area contributed by atoms with Gasteiger partial charge in [-0.3, -0.25) is 4.90 Å². The van der Waals surface area contributed by atoms with E-state index in [1.807, 2.05) is 19.1 Å². The first kappa shape index (κ1) is 15.4. The third-order valence-electron chi connectivity index (χ3n) is 2.65. The van der Waals surface area contributed by atoms with Gasteiger partial charge < -0.3 is 5.11 Å². The van der Waals surface area contributed by atoms with Crippen molar-refractivity contribution in [3.8, 4) is 6.07 Å². The Kier molecular flexibility index (Phi) is 6.26. The summed E-state index contributed by atoms with van der Waals surface area (Å²) in [5, 5.41) is 17.4. The number of nitrogens with zero attached hydrogens (tertiary/aromatic N) is 2. The lowest BCUT2D eigenvalue weighted by molar-refractivity contribution is -0.131. The van der Waals surface area contributed by atoms with Gasteiger partial charge in [0.1, 0.15) is 0 Å². The molecule has 1 aromatic rings. The van der Waals surface area contributed by atoms with Crippen LogP contribution in [0.5, 0.6) is 0 Å². The molecule has 1 heterocycles. The number of nitriles is 1. The van der Waals surface area contributed by atoms with E-state index in [2.05, 4.69) is 17.9 Å². The van der Waals surface area contributed by atoms with Crippen molar-refractivity contribution in [1.29, 1.82) is 5.26 Å². The minimum atomic E-state index is -0.937. The van der Waals surface area contributed by atoms with Crippen LogP contribution in [-0.4, -0.2) is 29.1 Å². The smallest absolute Gasteiger partial charge is 0.328 e. The number of hydrogen-bond acceptors (Lipinski definition) is 4. The topological polar surface area (TPSA) is 64.3 Å². The van der Waals surface area contributed by atoms with E-state index in [1.54, 1.807) is 17.4 Å². The highest BCUT2D eigenvalue weighted by molar-refractivity contribution is 7.12. The predicted octanol–water partition coefficient (Wildman–Crippen LogP) is 2.83. The molecule has 0 aliphatic carbocycles. The number of hydrogen-bond donors (Lipinski definition) is 1. The van der Waals surface area contributed by atoms with Gasteiger partial charge in [0.2, 0.25) is 0 Å². The van der Waals surface area contributed by atoms with Crippen LogP contribution in [0.3, 0.4) is 0 Å². The Hall–Kier alpha value is -1.64. The molecule has 0 aromatic carbocycles. The highest BCUT2D eigenvalue weighted by Gasteiger charge is 2.09. The van der Waals surface area contributed by atoms with Gasteiger partial charge in [-0.15, -0.1) is 11.3 Å². The van der Waals surface area contributed by atoms with E-state index in [0.717, 1.165) is 30.6 Å². The molecule has 19 heavy (non-hydrogen) atoms. The van der Waals surface area contributed by atoms with Gasteiger partial charge in [-0.25, -0.2) is 4.79 Å². The molecule has 1 aromatic heterocycles. The average molecular weight is 278 g/mol. The number of carbonyl (C=O) groups is 1. The maximum atomic E-state index is 10.4. The van der Waals surface area contributed by atoms with Gasteiger partial charge in [0.25, 0.3) is 0 Å². The molecular formula is C14H18N2O2S. The molecule has 4 nitrogen and oxygen atoms in total. The summed E-state index contributed by atoms with van der Waals surface area (Å²) in [6.07, 6.45) is 2.75. The lowest BCUT2D eigenvalue weighted by atomic mass is 10.2. The lowest BCUT2D eigenvalue weighted by Gasteiger charge is -2.20. The fourth-order valence-corrected chi connectivity index (χ4v) is 2.63. The molecule has 0 saturated carbocycles. The Bertz CT molecular complexity index is 488. The highest BCUT2D eigenvalue weighted by Crippen LogP contribution is 2.20. The second kappa shape index (κ2) is 7.72. The van der Waals surface area contributed by atoms with Crippen molar-refractivity contribution in [2.75, 3.05) is 13.1 Å². The fourth-order valence-electron chi connectivity index (χ4n) is 1.68. The molecule has 0 bridgehead atoms. The molecule has 102 valence electrons. The van der Waals surface area contributed by atoms with Gasteiger partial charge in [-0.1, -0.05) is 6.92 Å². The number of carboxylic acids is 1. The van der Waals surface area contributed by atoms with Crippen LogP contribution in [0.1, 0.15) is 23.6 Å². The van der Waals surface area contributed by atoms with Crippen molar-refractivity contribution >= 4 is 23.4 Å². The van der Waals surface area contributed by atoms with Crippen LogP contribution in [0.2, 0.25) is 0 Å². The van der Waals surface area contributed by atoms with Crippen molar-refractivity contribution in [3.05, 3.63) is 28.0 Å². The van der Waals surface area contributed by atoms with E-state index >= 15 is 0 Å². The number of aliphatic carboxylic acids is 1. The number of thiophene rings is 1. The highest BCUT2D eigenvalue weighted by atomic mass is 32.1. The minimum absolute atomic E-state index is 0.0197. The zero-order valence-corrected chi connectivity index (χ0v) is 12.0. The summed E-state index contributed by atoms with van der Waals surface area (Å²) in [6, 6.07) is 6.16. The first-order valence-electron chi connectivity index (χ1n) is 6.16. The van der Waals surface area contributed by atoms with Gasteiger partial charge in [0.05, 0.1) is 12.0 Å².